The standard InChI is InChI=1S/C18H13Cl2N/c19-12-14-3-1-13(2-4-14)5-9-17-10-7-15-6-8-16(20)11-18(15)21-17/h1-11H,12H2/b9-5+. The average molecular weight is 314 g/mol. The van der Waals surface area contributed by atoms with Crippen LogP contribution in [0.25, 0.3) is 23.1 Å². The van der Waals surface area contributed by atoms with E-state index in [2.05, 4.69) is 11.1 Å². The molecule has 0 aliphatic rings. The van der Waals surface area contributed by atoms with Gasteiger partial charge in [-0.2, -0.15) is 0 Å². The molecule has 0 aliphatic heterocycles. The zero-order valence-electron chi connectivity index (χ0n) is 11.3. The van der Waals surface area contributed by atoms with Crippen LogP contribution >= 0.6 is 23.2 Å². The summed E-state index contributed by atoms with van der Waals surface area (Å²) in [5.41, 5.74) is 4.05. The first-order chi connectivity index (χ1) is 10.2. The van der Waals surface area contributed by atoms with E-state index in [1.807, 2.05) is 60.7 Å². The molecule has 0 saturated heterocycles. The number of alkyl halides is 1. The average Bonchev–Trinajstić information content (AvgIpc) is 2.53. The number of hydrogen-bond donors (Lipinski definition) is 0. The Morgan fingerprint density at radius 2 is 1.67 bits per heavy atom. The fraction of sp³-hybridized carbons (Fsp3) is 0.0556. The highest BCUT2D eigenvalue weighted by Crippen LogP contribution is 2.19. The molecule has 0 saturated carbocycles. The summed E-state index contributed by atoms with van der Waals surface area (Å²) in [6.07, 6.45) is 4.03. The maximum Gasteiger partial charge on any atom is 0.0724 e. The number of pyridine rings is 1. The maximum atomic E-state index is 6.00. The molecule has 0 amide bonds. The summed E-state index contributed by atoms with van der Waals surface area (Å²) in [6.45, 7) is 0. The van der Waals surface area contributed by atoms with Crippen LogP contribution < -0.4 is 0 Å². The summed E-state index contributed by atoms with van der Waals surface area (Å²) in [7, 11) is 0. The van der Waals surface area contributed by atoms with E-state index in [-0.39, 0.29) is 0 Å². The number of rotatable bonds is 3. The molecule has 3 heteroatoms. The SMILES string of the molecule is ClCc1ccc(/C=C/c2ccc3ccc(Cl)cc3n2)cc1. The van der Waals surface area contributed by atoms with Gasteiger partial charge in [-0.05, 0) is 35.4 Å². The fourth-order valence-corrected chi connectivity index (χ4v) is 2.44. The van der Waals surface area contributed by atoms with Crippen molar-refractivity contribution in [3.05, 3.63) is 76.4 Å². The van der Waals surface area contributed by atoms with E-state index in [0.717, 1.165) is 27.7 Å². The van der Waals surface area contributed by atoms with Crippen LogP contribution in [0.2, 0.25) is 5.02 Å². The molecule has 21 heavy (non-hydrogen) atoms. The van der Waals surface area contributed by atoms with Crippen molar-refractivity contribution >= 4 is 46.3 Å². The number of benzene rings is 2. The van der Waals surface area contributed by atoms with Crippen molar-refractivity contribution < 1.29 is 0 Å². The first-order valence-electron chi connectivity index (χ1n) is 6.64. The van der Waals surface area contributed by atoms with E-state index in [0.29, 0.717) is 10.9 Å². The van der Waals surface area contributed by atoms with E-state index < -0.39 is 0 Å². The Kier molecular flexibility index (Phi) is 4.23. The van der Waals surface area contributed by atoms with Crippen molar-refractivity contribution in [2.24, 2.45) is 0 Å². The van der Waals surface area contributed by atoms with Gasteiger partial charge in [-0.1, -0.05) is 54.1 Å². The third-order valence-corrected chi connectivity index (χ3v) is 3.80. The van der Waals surface area contributed by atoms with Crippen LogP contribution in [0.15, 0.2) is 54.6 Å². The van der Waals surface area contributed by atoms with Crippen molar-refractivity contribution in [2.45, 2.75) is 5.88 Å². The van der Waals surface area contributed by atoms with Gasteiger partial charge in [-0.15, -0.1) is 11.6 Å². The van der Waals surface area contributed by atoms with Gasteiger partial charge in [0.2, 0.25) is 0 Å². The lowest BCUT2D eigenvalue weighted by molar-refractivity contribution is 1.37. The molecule has 0 N–H and O–H groups in total. The van der Waals surface area contributed by atoms with Crippen molar-refractivity contribution in [3.63, 3.8) is 0 Å². The van der Waals surface area contributed by atoms with Crippen LogP contribution in [-0.4, -0.2) is 4.98 Å². The van der Waals surface area contributed by atoms with Gasteiger partial charge in [0.15, 0.2) is 0 Å². The molecule has 3 rings (SSSR count). The molecule has 0 spiro atoms. The smallest absolute Gasteiger partial charge is 0.0724 e. The Hall–Kier alpha value is -1.83. The third-order valence-electron chi connectivity index (χ3n) is 3.26. The van der Waals surface area contributed by atoms with E-state index in [1.165, 1.54) is 0 Å². The number of nitrogens with zero attached hydrogens (tertiary/aromatic N) is 1. The second-order valence-electron chi connectivity index (χ2n) is 4.78. The first-order valence-corrected chi connectivity index (χ1v) is 7.55. The Bertz CT molecular complexity index is 792. The predicted octanol–water partition coefficient (Wildman–Crippen LogP) is 5.80. The number of hydrogen-bond acceptors (Lipinski definition) is 1. The number of fused-ring (bicyclic) bond motifs is 1. The Morgan fingerprint density at radius 1 is 0.905 bits per heavy atom. The van der Waals surface area contributed by atoms with Crippen LogP contribution in [0.5, 0.6) is 0 Å². The van der Waals surface area contributed by atoms with Gasteiger partial charge in [0.05, 0.1) is 11.2 Å². The zero-order chi connectivity index (χ0) is 14.7. The van der Waals surface area contributed by atoms with Crippen molar-refractivity contribution in [2.75, 3.05) is 0 Å². The molecule has 3 aromatic rings. The molecular formula is C18H13Cl2N. The van der Waals surface area contributed by atoms with Gasteiger partial charge in [-0.3, -0.25) is 0 Å². The van der Waals surface area contributed by atoms with Crippen molar-refractivity contribution in [3.8, 4) is 0 Å². The van der Waals surface area contributed by atoms with Crippen LogP contribution in [-0.2, 0) is 5.88 Å². The van der Waals surface area contributed by atoms with Crippen LogP contribution in [0.1, 0.15) is 16.8 Å². The lowest BCUT2D eigenvalue weighted by atomic mass is 10.1. The molecule has 1 aromatic heterocycles. The summed E-state index contributed by atoms with van der Waals surface area (Å²) in [6, 6.07) is 17.9. The van der Waals surface area contributed by atoms with Crippen LogP contribution in [0, 0.1) is 0 Å². The summed E-state index contributed by atoms with van der Waals surface area (Å²) in [5, 5.41) is 1.79. The minimum Gasteiger partial charge on any atom is -0.248 e. The molecule has 0 atom stereocenters. The zero-order valence-corrected chi connectivity index (χ0v) is 12.8. The Labute approximate surface area is 133 Å². The van der Waals surface area contributed by atoms with Gasteiger partial charge in [0, 0.05) is 16.3 Å². The minimum atomic E-state index is 0.539. The largest absolute Gasteiger partial charge is 0.248 e. The normalized spacial score (nSPS) is 11.3. The molecule has 1 nitrogen and oxygen atoms in total. The topological polar surface area (TPSA) is 12.9 Å². The highest BCUT2D eigenvalue weighted by Gasteiger charge is 1.97. The molecule has 1 heterocycles. The lowest BCUT2D eigenvalue weighted by Crippen LogP contribution is -1.83. The van der Waals surface area contributed by atoms with Crippen LogP contribution in [0.3, 0.4) is 0 Å². The molecule has 0 fully saturated rings. The molecule has 2 aromatic carbocycles. The van der Waals surface area contributed by atoms with Gasteiger partial charge in [0.1, 0.15) is 0 Å². The molecule has 0 aliphatic carbocycles. The summed E-state index contributed by atoms with van der Waals surface area (Å²) >= 11 is 11.8. The van der Waals surface area contributed by atoms with E-state index in [9.17, 15) is 0 Å². The van der Waals surface area contributed by atoms with E-state index in [1.54, 1.807) is 0 Å². The fourth-order valence-electron chi connectivity index (χ4n) is 2.10. The molecule has 0 radical (unpaired) electrons. The first kappa shape index (κ1) is 14.1. The lowest BCUT2D eigenvalue weighted by Gasteiger charge is -2.00. The molecule has 0 bridgehead atoms. The third kappa shape index (κ3) is 3.44. The monoisotopic (exact) mass is 313 g/mol. The van der Waals surface area contributed by atoms with Crippen molar-refractivity contribution in [1.82, 2.24) is 4.98 Å². The second-order valence-corrected chi connectivity index (χ2v) is 5.49. The van der Waals surface area contributed by atoms with E-state index in [4.69, 9.17) is 23.2 Å². The quantitative estimate of drug-likeness (QED) is 0.557. The highest BCUT2D eigenvalue weighted by molar-refractivity contribution is 6.31. The molecule has 0 unspecified atom stereocenters. The van der Waals surface area contributed by atoms with Crippen molar-refractivity contribution in [1.29, 1.82) is 0 Å². The van der Waals surface area contributed by atoms with Crippen LogP contribution in [0.4, 0.5) is 0 Å². The van der Waals surface area contributed by atoms with E-state index >= 15 is 0 Å². The summed E-state index contributed by atoms with van der Waals surface area (Å²) < 4.78 is 0. The Balaban J connectivity index is 1.87. The second kappa shape index (κ2) is 6.30. The highest BCUT2D eigenvalue weighted by atomic mass is 35.5. The molecular weight excluding hydrogens is 301 g/mol. The number of aromatic nitrogens is 1. The molecule has 104 valence electrons. The maximum absolute atomic E-state index is 6.00. The minimum absolute atomic E-state index is 0.539. The Morgan fingerprint density at radius 3 is 2.43 bits per heavy atom. The van der Waals surface area contributed by atoms with Gasteiger partial charge in [-0.25, -0.2) is 4.98 Å². The van der Waals surface area contributed by atoms with Gasteiger partial charge in [0.25, 0.3) is 0 Å². The predicted molar refractivity (Wildman–Crippen MR) is 91.7 cm³/mol. The van der Waals surface area contributed by atoms with Gasteiger partial charge >= 0.3 is 0 Å². The summed E-state index contributed by atoms with van der Waals surface area (Å²) in [5.74, 6) is 0.539. The number of halogens is 2. The van der Waals surface area contributed by atoms with Gasteiger partial charge < -0.3 is 0 Å². The summed E-state index contributed by atoms with van der Waals surface area (Å²) in [4.78, 5) is 4.59.